The summed E-state index contributed by atoms with van der Waals surface area (Å²) in [7, 11) is 1.61. The summed E-state index contributed by atoms with van der Waals surface area (Å²) in [6.07, 6.45) is 1.83. The van der Waals surface area contributed by atoms with Crippen LogP contribution in [0.4, 0.5) is 0 Å². The fourth-order valence-electron chi connectivity index (χ4n) is 5.37. The molecule has 2 aliphatic heterocycles. The predicted octanol–water partition coefficient (Wildman–Crippen LogP) is 0.706. The van der Waals surface area contributed by atoms with Crippen molar-refractivity contribution < 1.29 is 19.4 Å². The Bertz CT molecular complexity index is 702. The van der Waals surface area contributed by atoms with Gasteiger partial charge >= 0.3 is 0 Å². The van der Waals surface area contributed by atoms with Crippen LogP contribution in [0.25, 0.3) is 0 Å². The first-order valence-electron chi connectivity index (χ1n) is 7.97. The molecule has 22 heavy (non-hydrogen) atoms. The van der Waals surface area contributed by atoms with Crippen molar-refractivity contribution in [1.29, 1.82) is 0 Å². The number of aliphatic hydroxyl groups is 1. The van der Waals surface area contributed by atoms with Gasteiger partial charge in [0.15, 0.2) is 23.4 Å². The summed E-state index contributed by atoms with van der Waals surface area (Å²) in [5, 5.41) is 15.0. The van der Waals surface area contributed by atoms with Gasteiger partial charge in [0, 0.05) is 18.0 Å². The van der Waals surface area contributed by atoms with Crippen LogP contribution in [0.5, 0.6) is 11.5 Å². The summed E-state index contributed by atoms with van der Waals surface area (Å²) >= 11 is 0. The molecular weight excluding hydrogens is 282 g/mol. The number of carbonyl (C=O) groups excluding carboxylic acids is 1. The average Bonchev–Trinajstić information content (AvgIpc) is 2.85. The standard InChI is InChI=1S/C17H19NO4/c1-21-11-3-2-9-8-12-17(20)5-4-10(19)15-16(17,6-7-18-12)13(9)14(11)22-15/h2-3,12,15,18,20H,4-8H2,1H3/t12-,15-,16+,17-/m1/s1. The molecule has 0 radical (unpaired) electrons. The second-order valence-corrected chi connectivity index (χ2v) is 6.95. The monoisotopic (exact) mass is 301 g/mol. The molecule has 2 bridgehead atoms. The molecule has 0 unspecified atom stereocenters. The summed E-state index contributed by atoms with van der Waals surface area (Å²) in [4.78, 5) is 12.6. The lowest BCUT2D eigenvalue weighted by molar-refractivity contribution is -0.166. The fraction of sp³-hybridized carbons (Fsp3) is 0.588. The van der Waals surface area contributed by atoms with E-state index in [1.807, 2.05) is 6.07 Å². The molecule has 1 saturated carbocycles. The van der Waals surface area contributed by atoms with Crippen molar-refractivity contribution in [2.45, 2.75) is 48.8 Å². The molecule has 4 atom stereocenters. The van der Waals surface area contributed by atoms with Gasteiger partial charge in [0.25, 0.3) is 0 Å². The van der Waals surface area contributed by atoms with Crippen LogP contribution in [0.15, 0.2) is 12.1 Å². The van der Waals surface area contributed by atoms with Crippen molar-refractivity contribution in [2.24, 2.45) is 0 Å². The van der Waals surface area contributed by atoms with E-state index in [9.17, 15) is 9.90 Å². The molecule has 2 N–H and O–H groups in total. The number of hydrogen-bond donors (Lipinski definition) is 2. The van der Waals surface area contributed by atoms with Crippen molar-refractivity contribution in [2.75, 3.05) is 13.7 Å². The number of methoxy groups -OCH3 is 1. The van der Waals surface area contributed by atoms with Crippen LogP contribution in [0, 0.1) is 0 Å². The smallest absolute Gasteiger partial charge is 0.174 e. The Balaban J connectivity index is 1.87. The zero-order valence-electron chi connectivity index (χ0n) is 12.5. The van der Waals surface area contributed by atoms with E-state index in [4.69, 9.17) is 9.47 Å². The summed E-state index contributed by atoms with van der Waals surface area (Å²) in [5.41, 5.74) is 0.699. The molecule has 5 nitrogen and oxygen atoms in total. The van der Waals surface area contributed by atoms with Gasteiger partial charge in [0.05, 0.1) is 18.1 Å². The Kier molecular flexibility index (Phi) is 2.25. The Hall–Kier alpha value is -1.59. The van der Waals surface area contributed by atoms with Gasteiger partial charge in [0.2, 0.25) is 0 Å². The Labute approximate surface area is 128 Å². The van der Waals surface area contributed by atoms with Gasteiger partial charge in [-0.15, -0.1) is 0 Å². The maximum absolute atomic E-state index is 12.6. The van der Waals surface area contributed by atoms with Crippen LogP contribution in [0.1, 0.15) is 30.4 Å². The molecule has 1 aromatic rings. The number of nitrogens with one attached hydrogen (secondary N) is 1. The molecule has 0 amide bonds. The maximum Gasteiger partial charge on any atom is 0.174 e. The van der Waals surface area contributed by atoms with Crippen molar-refractivity contribution in [3.8, 4) is 11.5 Å². The predicted molar refractivity (Wildman–Crippen MR) is 78.4 cm³/mol. The number of piperidine rings is 1. The largest absolute Gasteiger partial charge is 0.493 e. The first-order valence-corrected chi connectivity index (χ1v) is 7.97. The molecule has 2 aliphatic carbocycles. The van der Waals surface area contributed by atoms with E-state index in [1.165, 1.54) is 5.56 Å². The number of Topliss-reactive ketones (excluding diaryl/α,β-unsaturated/α-hetero) is 1. The molecule has 2 fully saturated rings. The highest BCUT2D eigenvalue weighted by Gasteiger charge is 2.71. The van der Waals surface area contributed by atoms with E-state index in [0.29, 0.717) is 24.3 Å². The molecule has 5 heteroatoms. The minimum atomic E-state index is -0.908. The van der Waals surface area contributed by atoms with Gasteiger partial charge in [0.1, 0.15) is 0 Å². The lowest BCUT2D eigenvalue weighted by Crippen LogP contribution is -2.76. The molecule has 116 valence electrons. The van der Waals surface area contributed by atoms with Gasteiger partial charge in [-0.05, 0) is 37.4 Å². The molecule has 4 aliphatic rings. The minimum Gasteiger partial charge on any atom is -0.493 e. The molecule has 1 spiro atoms. The second-order valence-electron chi connectivity index (χ2n) is 6.95. The number of carbonyl (C=O) groups is 1. The van der Waals surface area contributed by atoms with Crippen LogP contribution >= 0.6 is 0 Å². The van der Waals surface area contributed by atoms with Gasteiger partial charge in [-0.3, -0.25) is 4.79 Å². The van der Waals surface area contributed by atoms with Gasteiger partial charge in [-0.1, -0.05) is 6.07 Å². The van der Waals surface area contributed by atoms with Crippen LogP contribution in [-0.4, -0.2) is 42.3 Å². The zero-order valence-corrected chi connectivity index (χ0v) is 12.5. The third-order valence-electron chi connectivity index (χ3n) is 6.29. The Morgan fingerprint density at radius 3 is 3.09 bits per heavy atom. The number of benzene rings is 1. The zero-order chi connectivity index (χ0) is 15.1. The van der Waals surface area contributed by atoms with Gasteiger partial charge in [-0.2, -0.15) is 0 Å². The molecule has 0 aromatic heterocycles. The van der Waals surface area contributed by atoms with Crippen LogP contribution in [-0.2, 0) is 16.6 Å². The SMILES string of the molecule is COc1ccc2c3c1O[C@@H]1C(=O)CC[C@@]4(O)[C@@H](C2)NCC[C@]314. The lowest BCUT2D eigenvalue weighted by Gasteiger charge is -2.59. The molecule has 2 heterocycles. The summed E-state index contributed by atoms with van der Waals surface area (Å²) in [5.74, 6) is 1.45. The van der Waals surface area contributed by atoms with Crippen LogP contribution in [0.3, 0.4) is 0 Å². The second kappa shape index (κ2) is 3.84. The highest BCUT2D eigenvalue weighted by atomic mass is 16.5. The van der Waals surface area contributed by atoms with E-state index >= 15 is 0 Å². The van der Waals surface area contributed by atoms with Crippen molar-refractivity contribution in [3.63, 3.8) is 0 Å². The number of ether oxygens (including phenoxy) is 2. The highest BCUT2D eigenvalue weighted by molar-refractivity contribution is 5.90. The van der Waals surface area contributed by atoms with Crippen LogP contribution < -0.4 is 14.8 Å². The third-order valence-corrected chi connectivity index (χ3v) is 6.29. The lowest BCUT2D eigenvalue weighted by atomic mass is 9.49. The first kappa shape index (κ1) is 12.9. The Morgan fingerprint density at radius 2 is 2.27 bits per heavy atom. The summed E-state index contributed by atoms with van der Waals surface area (Å²) < 4.78 is 11.6. The molecule has 5 rings (SSSR count). The molecule has 1 aromatic carbocycles. The summed E-state index contributed by atoms with van der Waals surface area (Å²) in [6, 6.07) is 3.96. The van der Waals surface area contributed by atoms with E-state index in [0.717, 1.165) is 24.9 Å². The van der Waals surface area contributed by atoms with E-state index in [1.54, 1.807) is 7.11 Å². The van der Waals surface area contributed by atoms with Gasteiger partial charge < -0.3 is 19.9 Å². The third kappa shape index (κ3) is 1.16. The van der Waals surface area contributed by atoms with Gasteiger partial charge in [-0.25, -0.2) is 0 Å². The molecular formula is C17H19NO4. The van der Waals surface area contributed by atoms with Crippen molar-refractivity contribution in [3.05, 3.63) is 23.3 Å². The number of rotatable bonds is 1. The molecule has 1 saturated heterocycles. The van der Waals surface area contributed by atoms with Crippen molar-refractivity contribution >= 4 is 5.78 Å². The number of hydrogen-bond acceptors (Lipinski definition) is 5. The minimum absolute atomic E-state index is 0.00713. The fourth-order valence-corrected chi connectivity index (χ4v) is 5.37. The average molecular weight is 301 g/mol. The van der Waals surface area contributed by atoms with Crippen molar-refractivity contribution in [1.82, 2.24) is 5.32 Å². The van der Waals surface area contributed by atoms with E-state index in [-0.39, 0.29) is 11.8 Å². The Morgan fingerprint density at radius 1 is 1.41 bits per heavy atom. The van der Waals surface area contributed by atoms with E-state index < -0.39 is 17.1 Å². The quantitative estimate of drug-likeness (QED) is 0.799. The summed E-state index contributed by atoms with van der Waals surface area (Å²) in [6.45, 7) is 0.802. The highest BCUT2D eigenvalue weighted by Crippen LogP contribution is 2.63. The number of ketones is 1. The van der Waals surface area contributed by atoms with Crippen LogP contribution in [0.2, 0.25) is 0 Å². The maximum atomic E-state index is 12.6. The topological polar surface area (TPSA) is 67.8 Å². The van der Waals surface area contributed by atoms with E-state index in [2.05, 4.69) is 11.4 Å². The first-order chi connectivity index (χ1) is 10.6. The normalized spacial score (nSPS) is 40.9.